The van der Waals surface area contributed by atoms with E-state index in [1.165, 1.54) is 141 Å². The molecule has 296 valence electrons. The fourth-order valence-corrected chi connectivity index (χ4v) is 7.87. The third kappa shape index (κ3) is 37.7. The summed E-state index contributed by atoms with van der Waals surface area (Å²) in [7, 11) is 0. The number of hydrogen-bond donors (Lipinski definition) is 4. The molecule has 4 atom stereocenters. The van der Waals surface area contributed by atoms with Crippen LogP contribution in [-0.2, 0) is 9.47 Å². The van der Waals surface area contributed by atoms with Crippen LogP contribution in [0.5, 0.6) is 0 Å². The third-order valence-electron chi connectivity index (χ3n) is 9.89. The Morgan fingerprint density at radius 1 is 0.388 bits per heavy atom. The molecule has 0 saturated heterocycles. The van der Waals surface area contributed by atoms with Crippen LogP contribution in [0.15, 0.2) is 0 Å². The third-order valence-corrected chi connectivity index (χ3v) is 11.3. The Labute approximate surface area is 309 Å². The van der Waals surface area contributed by atoms with Crippen molar-refractivity contribution in [1.29, 1.82) is 0 Å². The van der Waals surface area contributed by atoms with Crippen molar-refractivity contribution in [3.8, 4) is 0 Å². The van der Waals surface area contributed by atoms with Gasteiger partial charge in [0.1, 0.15) is 0 Å². The number of hydrogen-bond acceptors (Lipinski definition) is 7. The van der Waals surface area contributed by atoms with Gasteiger partial charge in [-0.25, -0.2) is 0 Å². The van der Waals surface area contributed by atoms with E-state index in [2.05, 4.69) is 13.8 Å². The maximum absolute atomic E-state index is 10.4. The zero-order valence-electron chi connectivity index (χ0n) is 32.8. The number of aliphatic hydroxyl groups excluding tert-OH is 4. The first-order valence-electron chi connectivity index (χ1n) is 21.4. The summed E-state index contributed by atoms with van der Waals surface area (Å²) in [6.07, 6.45) is 33.8. The zero-order valence-corrected chi connectivity index (χ0v) is 33.6. The van der Waals surface area contributed by atoms with Crippen molar-refractivity contribution < 1.29 is 29.9 Å². The molecule has 0 bridgehead atoms. The molecular weight excluding hydrogens is 633 g/mol. The van der Waals surface area contributed by atoms with Gasteiger partial charge >= 0.3 is 0 Å². The minimum atomic E-state index is -0.410. The summed E-state index contributed by atoms with van der Waals surface area (Å²) in [6.45, 7) is 6.65. The van der Waals surface area contributed by atoms with E-state index in [1.54, 1.807) is 0 Å². The van der Waals surface area contributed by atoms with E-state index in [-0.39, 0.29) is 25.0 Å². The van der Waals surface area contributed by atoms with E-state index in [0.717, 1.165) is 37.2 Å². The van der Waals surface area contributed by atoms with Crippen molar-refractivity contribution in [2.24, 2.45) is 11.8 Å². The molecule has 0 saturated carbocycles. The van der Waals surface area contributed by atoms with Crippen molar-refractivity contribution in [1.82, 2.24) is 0 Å². The highest BCUT2D eigenvalue weighted by molar-refractivity contribution is 7.99. The molecule has 0 heterocycles. The highest BCUT2D eigenvalue weighted by Gasteiger charge is 2.15. The van der Waals surface area contributed by atoms with Crippen LogP contribution in [0, 0.1) is 11.8 Å². The predicted octanol–water partition coefficient (Wildman–Crippen LogP) is 10.7. The number of rotatable bonds is 42. The molecular formula is C42H86O6S. The summed E-state index contributed by atoms with van der Waals surface area (Å²) in [5.74, 6) is 2.22. The lowest BCUT2D eigenvalue weighted by molar-refractivity contribution is 0.0157. The van der Waals surface area contributed by atoms with Gasteiger partial charge in [0.15, 0.2) is 0 Å². The molecule has 7 heteroatoms. The first-order valence-corrected chi connectivity index (χ1v) is 22.5. The van der Waals surface area contributed by atoms with Crippen LogP contribution in [0.4, 0.5) is 0 Å². The fraction of sp³-hybridized carbons (Fsp3) is 1.00. The molecule has 0 aromatic heterocycles. The second-order valence-electron chi connectivity index (χ2n) is 15.0. The molecule has 0 aliphatic rings. The summed E-state index contributed by atoms with van der Waals surface area (Å²) in [4.78, 5) is 0. The van der Waals surface area contributed by atoms with Gasteiger partial charge in [0.2, 0.25) is 0 Å². The molecule has 0 rings (SSSR count). The molecule has 0 fully saturated rings. The molecule has 49 heavy (non-hydrogen) atoms. The first-order chi connectivity index (χ1) is 24.1. The van der Waals surface area contributed by atoms with Crippen LogP contribution in [0.25, 0.3) is 0 Å². The lowest BCUT2D eigenvalue weighted by atomic mass is 10.0. The van der Waals surface area contributed by atoms with Gasteiger partial charge in [0.05, 0.1) is 38.6 Å². The first kappa shape index (κ1) is 49.1. The quantitative estimate of drug-likeness (QED) is 0.0466. The van der Waals surface area contributed by atoms with Gasteiger partial charge < -0.3 is 29.9 Å². The molecule has 6 nitrogen and oxygen atoms in total. The minimum Gasteiger partial charge on any atom is -0.396 e. The van der Waals surface area contributed by atoms with Crippen molar-refractivity contribution in [2.45, 2.75) is 206 Å². The Hall–Kier alpha value is 0.110. The second kappa shape index (κ2) is 40.9. The number of unbranched alkanes of at least 4 members (excludes halogenated alkanes) is 22. The Balaban J connectivity index is 3.86. The zero-order chi connectivity index (χ0) is 35.9. The topological polar surface area (TPSA) is 99.4 Å². The average Bonchev–Trinajstić information content (AvgIpc) is 3.09. The van der Waals surface area contributed by atoms with E-state index < -0.39 is 12.2 Å². The van der Waals surface area contributed by atoms with E-state index in [9.17, 15) is 20.4 Å². The van der Waals surface area contributed by atoms with Gasteiger partial charge in [-0.05, 0) is 49.0 Å². The summed E-state index contributed by atoms with van der Waals surface area (Å²) in [6, 6.07) is 0. The maximum atomic E-state index is 10.4. The van der Waals surface area contributed by atoms with Crippen LogP contribution in [0.1, 0.15) is 194 Å². The van der Waals surface area contributed by atoms with Crippen LogP contribution in [-0.4, -0.2) is 83.8 Å². The van der Waals surface area contributed by atoms with Crippen molar-refractivity contribution in [3.63, 3.8) is 0 Å². The number of ether oxygens (including phenoxy) is 2. The molecule has 0 aliphatic heterocycles. The SMILES string of the molecule is CCCCCCCCCCCCCCC(O)COCC(CCO)CSCC(CCO)COCC(O)CCCCCCCCCCCCCC. The molecule has 0 aromatic carbocycles. The predicted molar refractivity (Wildman–Crippen MR) is 213 cm³/mol. The highest BCUT2D eigenvalue weighted by Crippen LogP contribution is 2.20. The molecule has 0 aromatic rings. The standard InChI is InChI=1S/C42H86O6S/c1-3-5-7-9-11-13-15-17-19-21-23-25-27-41(45)35-47-33-39(29-31-43)37-49-38-40(30-32-44)34-48-36-42(46)28-26-24-22-20-18-16-14-12-10-8-6-4-2/h39-46H,3-38H2,1-2H3. The van der Waals surface area contributed by atoms with E-state index in [0.29, 0.717) is 39.3 Å². The summed E-state index contributed by atoms with van der Waals surface area (Å²) in [5.41, 5.74) is 0. The highest BCUT2D eigenvalue weighted by atomic mass is 32.2. The van der Waals surface area contributed by atoms with E-state index in [4.69, 9.17) is 9.47 Å². The molecule has 4 unspecified atom stereocenters. The van der Waals surface area contributed by atoms with Crippen LogP contribution in [0.3, 0.4) is 0 Å². The van der Waals surface area contributed by atoms with Crippen LogP contribution >= 0.6 is 11.8 Å². The minimum absolute atomic E-state index is 0.135. The van der Waals surface area contributed by atoms with Gasteiger partial charge in [-0.15, -0.1) is 0 Å². The second-order valence-corrected chi connectivity index (χ2v) is 16.1. The molecule has 0 radical (unpaired) electrons. The van der Waals surface area contributed by atoms with Gasteiger partial charge in [0.25, 0.3) is 0 Å². The molecule has 0 amide bonds. The number of aliphatic hydroxyl groups is 4. The fourth-order valence-electron chi connectivity index (χ4n) is 6.55. The summed E-state index contributed by atoms with van der Waals surface area (Å²) < 4.78 is 11.8. The molecule has 4 N–H and O–H groups in total. The van der Waals surface area contributed by atoms with E-state index in [1.807, 2.05) is 11.8 Å². The van der Waals surface area contributed by atoms with Crippen molar-refractivity contribution >= 4 is 11.8 Å². The van der Waals surface area contributed by atoms with Crippen LogP contribution in [0.2, 0.25) is 0 Å². The smallest absolute Gasteiger partial charge is 0.0773 e. The Morgan fingerprint density at radius 2 is 0.673 bits per heavy atom. The van der Waals surface area contributed by atoms with E-state index >= 15 is 0 Å². The Bertz CT molecular complexity index is 562. The normalized spacial score (nSPS) is 14.3. The Morgan fingerprint density at radius 3 is 0.959 bits per heavy atom. The molecule has 0 spiro atoms. The Kier molecular flexibility index (Phi) is 41.0. The van der Waals surface area contributed by atoms with Crippen molar-refractivity contribution in [3.05, 3.63) is 0 Å². The summed E-state index contributed by atoms with van der Waals surface area (Å²) >= 11 is 1.82. The average molecular weight is 719 g/mol. The largest absolute Gasteiger partial charge is 0.396 e. The summed E-state index contributed by atoms with van der Waals surface area (Å²) in [5, 5.41) is 39.9. The van der Waals surface area contributed by atoms with Gasteiger partial charge in [-0.2, -0.15) is 11.8 Å². The van der Waals surface area contributed by atoms with Crippen LogP contribution < -0.4 is 0 Å². The lowest BCUT2D eigenvalue weighted by Crippen LogP contribution is -2.22. The lowest BCUT2D eigenvalue weighted by Gasteiger charge is -2.20. The van der Waals surface area contributed by atoms with Gasteiger partial charge in [0, 0.05) is 13.2 Å². The monoisotopic (exact) mass is 719 g/mol. The van der Waals surface area contributed by atoms with Gasteiger partial charge in [-0.1, -0.05) is 168 Å². The van der Waals surface area contributed by atoms with Gasteiger partial charge in [-0.3, -0.25) is 0 Å². The number of thioether (sulfide) groups is 1. The molecule has 0 aliphatic carbocycles. The van der Waals surface area contributed by atoms with Crippen molar-refractivity contribution in [2.75, 3.05) is 51.1 Å². The maximum Gasteiger partial charge on any atom is 0.0773 e.